The van der Waals surface area contributed by atoms with Crippen molar-refractivity contribution in [2.75, 3.05) is 7.11 Å². The molecule has 110 valence electrons. The van der Waals surface area contributed by atoms with E-state index in [0.29, 0.717) is 11.8 Å². The van der Waals surface area contributed by atoms with Crippen molar-refractivity contribution in [1.82, 2.24) is 4.98 Å². The van der Waals surface area contributed by atoms with Gasteiger partial charge in [0.2, 0.25) is 5.76 Å². The van der Waals surface area contributed by atoms with Gasteiger partial charge in [-0.2, -0.15) is 0 Å². The summed E-state index contributed by atoms with van der Waals surface area (Å²) in [4.78, 5) is 16.6. The van der Waals surface area contributed by atoms with Crippen molar-refractivity contribution in [3.63, 3.8) is 0 Å². The molecule has 3 atom stereocenters. The topological polar surface area (TPSA) is 52.3 Å². The summed E-state index contributed by atoms with van der Waals surface area (Å²) in [5, 5.41) is 0. The third kappa shape index (κ3) is 2.15. The minimum atomic E-state index is -0.420. The van der Waals surface area contributed by atoms with E-state index in [1.165, 1.54) is 26.4 Å². The quantitative estimate of drug-likeness (QED) is 0.774. The molecule has 3 rings (SSSR count). The second kappa shape index (κ2) is 4.61. The molecule has 1 aromatic rings. The van der Waals surface area contributed by atoms with E-state index >= 15 is 0 Å². The molecule has 0 amide bonds. The SMILES string of the molecule is COC(=O)c1oc(C2CC3CCC2C3)nc1C(C)(C)C. The van der Waals surface area contributed by atoms with Gasteiger partial charge >= 0.3 is 5.97 Å². The second-order valence-corrected chi connectivity index (χ2v) is 7.25. The predicted octanol–water partition coefficient (Wildman–Crippen LogP) is 3.66. The molecule has 0 spiro atoms. The maximum atomic E-state index is 11.9. The number of nitrogens with zero attached hydrogens (tertiary/aromatic N) is 1. The fourth-order valence-corrected chi connectivity index (χ4v) is 3.78. The molecule has 4 nitrogen and oxygen atoms in total. The van der Waals surface area contributed by atoms with Crippen LogP contribution in [0.2, 0.25) is 0 Å². The number of fused-ring (bicyclic) bond motifs is 2. The molecule has 0 saturated heterocycles. The fraction of sp³-hybridized carbons (Fsp3) is 0.750. The normalized spacial score (nSPS) is 28.9. The van der Waals surface area contributed by atoms with Crippen molar-refractivity contribution in [3.05, 3.63) is 17.3 Å². The number of carbonyl (C=O) groups excluding carboxylic acids is 1. The number of hydrogen-bond acceptors (Lipinski definition) is 4. The number of carbonyl (C=O) groups is 1. The largest absolute Gasteiger partial charge is 0.463 e. The summed E-state index contributed by atoms with van der Waals surface area (Å²) in [7, 11) is 1.38. The van der Waals surface area contributed by atoms with Crippen molar-refractivity contribution < 1.29 is 13.9 Å². The van der Waals surface area contributed by atoms with Crippen molar-refractivity contribution in [2.24, 2.45) is 11.8 Å². The van der Waals surface area contributed by atoms with Crippen molar-refractivity contribution >= 4 is 5.97 Å². The first-order chi connectivity index (χ1) is 9.40. The Kier molecular flexibility index (Phi) is 3.14. The van der Waals surface area contributed by atoms with E-state index in [1.54, 1.807) is 0 Å². The Morgan fingerprint density at radius 1 is 1.30 bits per heavy atom. The summed E-state index contributed by atoms with van der Waals surface area (Å²) < 4.78 is 10.7. The summed E-state index contributed by atoms with van der Waals surface area (Å²) in [5.41, 5.74) is 0.505. The smallest absolute Gasteiger partial charge is 0.376 e. The number of esters is 1. The molecule has 0 radical (unpaired) electrons. The third-order valence-electron chi connectivity index (χ3n) is 4.78. The molecule has 0 aliphatic heterocycles. The zero-order valence-corrected chi connectivity index (χ0v) is 12.7. The van der Waals surface area contributed by atoms with Crippen LogP contribution in [0.5, 0.6) is 0 Å². The van der Waals surface area contributed by atoms with Gasteiger partial charge in [-0.25, -0.2) is 9.78 Å². The molecule has 2 saturated carbocycles. The Morgan fingerprint density at radius 2 is 2.05 bits per heavy atom. The Hall–Kier alpha value is -1.32. The van der Waals surface area contributed by atoms with Gasteiger partial charge in [0.15, 0.2) is 5.89 Å². The summed E-state index contributed by atoms with van der Waals surface area (Å²) in [6.45, 7) is 6.13. The lowest BCUT2D eigenvalue weighted by Gasteiger charge is -2.18. The van der Waals surface area contributed by atoms with Crippen LogP contribution in [0.15, 0.2) is 4.42 Å². The zero-order chi connectivity index (χ0) is 14.5. The molecular formula is C16H23NO3. The van der Waals surface area contributed by atoms with Gasteiger partial charge in [-0.3, -0.25) is 0 Å². The molecule has 0 aromatic carbocycles. The summed E-state index contributed by atoms with van der Waals surface area (Å²) in [6.07, 6.45) is 5.08. The Morgan fingerprint density at radius 3 is 2.55 bits per heavy atom. The molecule has 2 fully saturated rings. The maximum absolute atomic E-state index is 11.9. The molecule has 20 heavy (non-hydrogen) atoms. The van der Waals surface area contributed by atoms with E-state index in [2.05, 4.69) is 4.98 Å². The first-order valence-electron chi connectivity index (χ1n) is 7.49. The standard InChI is InChI=1S/C16H23NO3/c1-16(2,3)13-12(15(18)19-4)20-14(17-13)11-8-9-5-6-10(11)7-9/h9-11H,5-8H2,1-4H3. The number of oxazole rings is 1. The van der Waals surface area contributed by atoms with Gasteiger partial charge in [0, 0.05) is 11.3 Å². The third-order valence-corrected chi connectivity index (χ3v) is 4.78. The molecule has 1 heterocycles. The highest BCUT2D eigenvalue weighted by molar-refractivity contribution is 5.87. The van der Waals surface area contributed by atoms with Crippen LogP contribution in [-0.2, 0) is 10.2 Å². The van der Waals surface area contributed by atoms with Crippen LogP contribution >= 0.6 is 0 Å². The lowest BCUT2D eigenvalue weighted by Crippen LogP contribution is -2.17. The van der Waals surface area contributed by atoms with E-state index in [1.807, 2.05) is 20.8 Å². The molecule has 2 aliphatic rings. The van der Waals surface area contributed by atoms with Crippen LogP contribution < -0.4 is 0 Å². The molecule has 2 aliphatic carbocycles. The van der Waals surface area contributed by atoms with Gasteiger partial charge < -0.3 is 9.15 Å². The van der Waals surface area contributed by atoms with Gasteiger partial charge in [-0.05, 0) is 31.1 Å². The number of rotatable bonds is 2. The zero-order valence-electron chi connectivity index (χ0n) is 12.7. The van der Waals surface area contributed by atoms with Gasteiger partial charge in [0.1, 0.15) is 0 Å². The van der Waals surface area contributed by atoms with Gasteiger partial charge in [0.25, 0.3) is 0 Å². The van der Waals surface area contributed by atoms with Crippen LogP contribution in [0.1, 0.15) is 74.5 Å². The summed E-state index contributed by atoms with van der Waals surface area (Å²) in [5.74, 6) is 2.54. The predicted molar refractivity (Wildman–Crippen MR) is 74.7 cm³/mol. The highest BCUT2D eigenvalue weighted by Crippen LogP contribution is 2.53. The fourth-order valence-electron chi connectivity index (χ4n) is 3.78. The number of ether oxygens (including phenoxy) is 1. The molecule has 3 unspecified atom stereocenters. The van der Waals surface area contributed by atoms with Crippen molar-refractivity contribution in [3.8, 4) is 0 Å². The van der Waals surface area contributed by atoms with Gasteiger partial charge in [-0.15, -0.1) is 0 Å². The van der Waals surface area contributed by atoms with E-state index in [4.69, 9.17) is 9.15 Å². The first kappa shape index (κ1) is 13.7. The Labute approximate surface area is 119 Å². The summed E-state index contributed by atoms with van der Waals surface area (Å²) in [6, 6.07) is 0. The molecule has 2 bridgehead atoms. The van der Waals surface area contributed by atoms with Crippen LogP contribution in [0, 0.1) is 11.8 Å². The number of methoxy groups -OCH3 is 1. The van der Waals surface area contributed by atoms with Crippen LogP contribution in [0.4, 0.5) is 0 Å². The van der Waals surface area contributed by atoms with Crippen molar-refractivity contribution in [1.29, 1.82) is 0 Å². The minimum Gasteiger partial charge on any atom is -0.463 e. The van der Waals surface area contributed by atoms with Crippen LogP contribution in [0.3, 0.4) is 0 Å². The average molecular weight is 277 g/mol. The highest BCUT2D eigenvalue weighted by Gasteiger charge is 2.43. The maximum Gasteiger partial charge on any atom is 0.376 e. The Bertz CT molecular complexity index is 526. The van der Waals surface area contributed by atoms with Crippen molar-refractivity contribution in [2.45, 2.75) is 57.8 Å². The lowest BCUT2D eigenvalue weighted by molar-refractivity contribution is 0.0558. The van der Waals surface area contributed by atoms with Crippen LogP contribution in [-0.4, -0.2) is 18.1 Å². The highest BCUT2D eigenvalue weighted by atomic mass is 16.5. The van der Waals surface area contributed by atoms with Gasteiger partial charge in [-0.1, -0.05) is 27.2 Å². The molecule has 0 N–H and O–H groups in total. The minimum absolute atomic E-state index is 0.219. The van der Waals surface area contributed by atoms with E-state index in [9.17, 15) is 4.79 Å². The molecule has 1 aromatic heterocycles. The Balaban J connectivity index is 1.97. The molecule has 4 heteroatoms. The molecular weight excluding hydrogens is 254 g/mol. The summed E-state index contributed by atoms with van der Waals surface area (Å²) >= 11 is 0. The average Bonchev–Trinajstić information content (AvgIpc) is 3.09. The number of aromatic nitrogens is 1. The van der Waals surface area contributed by atoms with E-state index in [0.717, 1.165) is 23.9 Å². The monoisotopic (exact) mass is 277 g/mol. The van der Waals surface area contributed by atoms with E-state index in [-0.39, 0.29) is 11.2 Å². The van der Waals surface area contributed by atoms with E-state index < -0.39 is 5.97 Å². The first-order valence-corrected chi connectivity index (χ1v) is 7.49. The lowest BCUT2D eigenvalue weighted by atomic mass is 9.88. The van der Waals surface area contributed by atoms with Gasteiger partial charge in [0.05, 0.1) is 12.8 Å². The van der Waals surface area contributed by atoms with Crippen LogP contribution in [0.25, 0.3) is 0 Å². The number of hydrogen-bond donors (Lipinski definition) is 0. The second-order valence-electron chi connectivity index (χ2n) is 7.25.